The maximum atomic E-state index is 13.4. The van der Waals surface area contributed by atoms with Gasteiger partial charge in [0.1, 0.15) is 11.5 Å². The summed E-state index contributed by atoms with van der Waals surface area (Å²) in [4.78, 5) is 38.1. The monoisotopic (exact) mass is 521 g/mol. The molecule has 0 unspecified atom stereocenters. The highest BCUT2D eigenvalue weighted by Crippen LogP contribution is 2.38. The van der Waals surface area contributed by atoms with Crippen molar-refractivity contribution in [2.45, 2.75) is 45.7 Å². The molecule has 0 aliphatic carbocycles. The largest absolute Gasteiger partial charge is 0.496 e. The van der Waals surface area contributed by atoms with Crippen molar-refractivity contribution in [1.29, 1.82) is 0 Å². The summed E-state index contributed by atoms with van der Waals surface area (Å²) in [5, 5.41) is 7.44. The topological polar surface area (TPSA) is 109 Å². The van der Waals surface area contributed by atoms with Crippen LogP contribution in [0.4, 0.5) is 0 Å². The number of ketones is 1. The molecule has 0 spiro atoms. The summed E-state index contributed by atoms with van der Waals surface area (Å²) in [6.45, 7) is 4.66. The van der Waals surface area contributed by atoms with Crippen LogP contribution in [0.5, 0.6) is 11.5 Å². The molecule has 0 aliphatic rings. The van der Waals surface area contributed by atoms with Gasteiger partial charge in [-0.3, -0.25) is 19.1 Å². The summed E-state index contributed by atoms with van der Waals surface area (Å²) in [5.41, 5.74) is 2.39. The van der Waals surface area contributed by atoms with Gasteiger partial charge in [-0.2, -0.15) is 5.10 Å². The number of nitrogens with one attached hydrogen (secondary N) is 1. The molecule has 0 radical (unpaired) electrons. The third-order valence-electron chi connectivity index (χ3n) is 6.01. The molecule has 1 amide bonds. The van der Waals surface area contributed by atoms with Crippen LogP contribution < -0.4 is 14.8 Å². The van der Waals surface area contributed by atoms with Gasteiger partial charge in [-0.15, -0.1) is 0 Å². The first-order valence-electron chi connectivity index (χ1n) is 12.5. The van der Waals surface area contributed by atoms with Gasteiger partial charge < -0.3 is 19.5 Å². The second kappa shape index (κ2) is 13.4. The Morgan fingerprint density at radius 3 is 2.16 bits per heavy atom. The molecule has 3 rings (SSSR count). The number of aromatic nitrogens is 2. The van der Waals surface area contributed by atoms with Gasteiger partial charge in [-0.05, 0) is 36.1 Å². The first kappa shape index (κ1) is 28.4. The number of amides is 1. The summed E-state index contributed by atoms with van der Waals surface area (Å²) >= 11 is 0. The van der Waals surface area contributed by atoms with Crippen molar-refractivity contribution in [2.75, 3.05) is 21.3 Å². The molecule has 0 saturated heterocycles. The Labute approximate surface area is 223 Å². The van der Waals surface area contributed by atoms with Gasteiger partial charge >= 0.3 is 5.97 Å². The number of methoxy groups -OCH3 is 3. The van der Waals surface area contributed by atoms with Crippen LogP contribution in [0.1, 0.15) is 42.7 Å². The molecule has 2 aromatic carbocycles. The third kappa shape index (κ3) is 7.21. The zero-order valence-electron chi connectivity index (χ0n) is 22.5. The van der Waals surface area contributed by atoms with Crippen molar-refractivity contribution >= 4 is 17.7 Å². The Balaban J connectivity index is 1.95. The SMILES string of the molecule is COC(=O)CCC(=O)[C@H](Cc1ccccc1)NC(=O)c1cc(-c2c(OC)cccc2OC)n(CC(C)C)n1. The highest BCUT2D eigenvalue weighted by molar-refractivity contribution is 5.98. The van der Waals surface area contributed by atoms with Crippen molar-refractivity contribution in [3.05, 3.63) is 65.9 Å². The summed E-state index contributed by atoms with van der Waals surface area (Å²) in [5.74, 6) is 0.181. The van der Waals surface area contributed by atoms with Crippen molar-refractivity contribution in [3.8, 4) is 22.8 Å². The van der Waals surface area contributed by atoms with Crippen molar-refractivity contribution in [1.82, 2.24) is 15.1 Å². The van der Waals surface area contributed by atoms with Gasteiger partial charge in [0.2, 0.25) is 0 Å². The number of Topliss-reactive ketones (excluding diaryl/α,β-unsaturated/α-hetero) is 1. The van der Waals surface area contributed by atoms with E-state index >= 15 is 0 Å². The van der Waals surface area contributed by atoms with E-state index in [0.29, 0.717) is 29.3 Å². The van der Waals surface area contributed by atoms with E-state index in [1.165, 1.54) is 7.11 Å². The van der Waals surface area contributed by atoms with E-state index in [1.807, 2.05) is 48.5 Å². The van der Waals surface area contributed by atoms with Crippen LogP contribution in [0.25, 0.3) is 11.3 Å². The molecule has 1 aromatic heterocycles. The van der Waals surface area contributed by atoms with E-state index < -0.39 is 17.9 Å². The standard InChI is InChI=1S/C29H35N3O6/c1-19(2)18-32-23(28-25(36-3)12-9-13-26(28)37-4)17-22(31-32)29(35)30-21(16-20-10-7-6-8-11-20)24(33)14-15-27(34)38-5/h6-13,17,19,21H,14-16,18H2,1-5H3,(H,30,35)/t21-/m0/s1. The minimum Gasteiger partial charge on any atom is -0.496 e. The first-order valence-corrected chi connectivity index (χ1v) is 12.5. The zero-order chi connectivity index (χ0) is 27.7. The Kier molecular flexibility index (Phi) is 10.0. The smallest absolute Gasteiger partial charge is 0.305 e. The van der Waals surface area contributed by atoms with Crippen LogP contribution in [-0.4, -0.2) is 54.8 Å². The molecular formula is C29H35N3O6. The molecule has 1 N–H and O–H groups in total. The number of nitrogens with zero attached hydrogens (tertiary/aromatic N) is 2. The van der Waals surface area contributed by atoms with E-state index in [0.717, 1.165) is 5.56 Å². The second-order valence-corrected chi connectivity index (χ2v) is 9.29. The lowest BCUT2D eigenvalue weighted by Crippen LogP contribution is -2.42. The van der Waals surface area contributed by atoms with Gasteiger partial charge in [-0.25, -0.2) is 0 Å². The van der Waals surface area contributed by atoms with Crippen LogP contribution in [0.2, 0.25) is 0 Å². The maximum Gasteiger partial charge on any atom is 0.305 e. The minimum atomic E-state index is -0.839. The van der Waals surface area contributed by atoms with Crippen LogP contribution in [0.15, 0.2) is 54.6 Å². The fraction of sp³-hybridized carbons (Fsp3) is 0.379. The maximum absolute atomic E-state index is 13.4. The fourth-order valence-electron chi connectivity index (χ4n) is 4.15. The highest BCUT2D eigenvalue weighted by Gasteiger charge is 2.26. The van der Waals surface area contributed by atoms with Gasteiger partial charge in [0.25, 0.3) is 5.91 Å². The molecular weight excluding hydrogens is 486 g/mol. The summed E-state index contributed by atoms with van der Waals surface area (Å²) < 4.78 is 17.6. The third-order valence-corrected chi connectivity index (χ3v) is 6.01. The fourth-order valence-corrected chi connectivity index (χ4v) is 4.15. The molecule has 202 valence electrons. The van der Waals surface area contributed by atoms with Gasteiger partial charge in [0, 0.05) is 13.0 Å². The average molecular weight is 522 g/mol. The molecule has 9 heteroatoms. The quantitative estimate of drug-likeness (QED) is 0.338. The molecule has 0 bridgehead atoms. The number of carbonyl (C=O) groups excluding carboxylic acids is 3. The van der Waals surface area contributed by atoms with Crippen LogP contribution in [-0.2, 0) is 27.3 Å². The Morgan fingerprint density at radius 2 is 1.58 bits per heavy atom. The second-order valence-electron chi connectivity index (χ2n) is 9.29. The average Bonchev–Trinajstić information content (AvgIpc) is 3.33. The predicted octanol–water partition coefficient (Wildman–Crippen LogP) is 4.09. The lowest BCUT2D eigenvalue weighted by atomic mass is 9.99. The zero-order valence-corrected chi connectivity index (χ0v) is 22.5. The Hall–Kier alpha value is -4.14. The molecule has 0 fully saturated rings. The van der Waals surface area contributed by atoms with E-state index in [-0.39, 0.29) is 36.7 Å². The number of benzene rings is 2. The molecule has 0 saturated carbocycles. The number of hydrogen-bond donors (Lipinski definition) is 1. The number of esters is 1. The van der Waals surface area contributed by atoms with Crippen LogP contribution in [0, 0.1) is 5.92 Å². The molecule has 1 heterocycles. The normalized spacial score (nSPS) is 11.6. The summed E-state index contributed by atoms with van der Waals surface area (Å²) in [7, 11) is 4.42. The number of ether oxygens (including phenoxy) is 3. The van der Waals surface area contributed by atoms with E-state index in [2.05, 4.69) is 29.0 Å². The molecule has 3 aromatic rings. The van der Waals surface area contributed by atoms with Gasteiger partial charge in [-0.1, -0.05) is 50.2 Å². The molecule has 9 nitrogen and oxygen atoms in total. The van der Waals surface area contributed by atoms with E-state index in [4.69, 9.17) is 9.47 Å². The molecule has 38 heavy (non-hydrogen) atoms. The van der Waals surface area contributed by atoms with Crippen molar-refractivity contribution in [3.63, 3.8) is 0 Å². The summed E-state index contributed by atoms with van der Waals surface area (Å²) in [6.07, 6.45) is 0.180. The van der Waals surface area contributed by atoms with Crippen LogP contribution >= 0.6 is 0 Å². The lowest BCUT2D eigenvalue weighted by molar-refractivity contribution is -0.142. The number of carbonyl (C=O) groups is 3. The van der Waals surface area contributed by atoms with E-state index in [9.17, 15) is 14.4 Å². The Morgan fingerprint density at radius 1 is 0.921 bits per heavy atom. The number of rotatable bonds is 13. The molecule has 0 aliphatic heterocycles. The number of hydrogen-bond acceptors (Lipinski definition) is 7. The minimum absolute atomic E-state index is 0.0457. The van der Waals surface area contributed by atoms with Crippen molar-refractivity contribution < 1.29 is 28.6 Å². The van der Waals surface area contributed by atoms with Gasteiger partial charge in [0.15, 0.2) is 11.5 Å². The molecule has 1 atom stereocenters. The van der Waals surface area contributed by atoms with Crippen molar-refractivity contribution in [2.24, 2.45) is 5.92 Å². The lowest BCUT2D eigenvalue weighted by Gasteiger charge is -2.17. The first-order chi connectivity index (χ1) is 18.3. The van der Waals surface area contributed by atoms with Gasteiger partial charge in [0.05, 0.1) is 45.0 Å². The summed E-state index contributed by atoms with van der Waals surface area (Å²) in [6, 6.07) is 15.7. The Bertz CT molecular complexity index is 1230. The predicted molar refractivity (Wildman–Crippen MR) is 143 cm³/mol. The van der Waals surface area contributed by atoms with Crippen LogP contribution in [0.3, 0.4) is 0 Å². The highest BCUT2D eigenvalue weighted by atomic mass is 16.5. The van der Waals surface area contributed by atoms with E-state index in [1.54, 1.807) is 25.0 Å².